The quantitative estimate of drug-likeness (QED) is 0.726. The van der Waals surface area contributed by atoms with E-state index in [0.29, 0.717) is 12.1 Å². The van der Waals surface area contributed by atoms with Gasteiger partial charge in [0, 0.05) is 18.3 Å². The Bertz CT molecular complexity index is 988. The lowest BCUT2D eigenvalue weighted by molar-refractivity contribution is 0.0950. The summed E-state index contributed by atoms with van der Waals surface area (Å²) in [5, 5.41) is 5.26. The fourth-order valence-corrected chi connectivity index (χ4v) is 2.55. The molecule has 6 heteroatoms. The topological polar surface area (TPSA) is 71.1 Å². The number of aryl methyl sites for hydroxylation is 1. The van der Waals surface area contributed by atoms with E-state index in [0.717, 1.165) is 11.1 Å². The van der Waals surface area contributed by atoms with Crippen molar-refractivity contribution in [3.63, 3.8) is 0 Å². The third kappa shape index (κ3) is 4.76. The Kier molecular flexibility index (Phi) is 5.56. The molecule has 1 heterocycles. The van der Waals surface area contributed by atoms with Crippen LogP contribution < -0.4 is 10.6 Å². The Morgan fingerprint density at radius 3 is 2.59 bits per heavy atom. The molecule has 27 heavy (non-hydrogen) atoms. The summed E-state index contributed by atoms with van der Waals surface area (Å²) in [6.07, 6.45) is 1.37. The van der Waals surface area contributed by atoms with Gasteiger partial charge in [0.25, 0.3) is 11.8 Å². The monoisotopic (exact) mass is 363 g/mol. The molecule has 0 bridgehead atoms. The van der Waals surface area contributed by atoms with Gasteiger partial charge >= 0.3 is 0 Å². The largest absolute Gasteiger partial charge is 0.348 e. The first-order chi connectivity index (χ1) is 13.0. The average molecular weight is 363 g/mol. The van der Waals surface area contributed by atoms with Crippen LogP contribution in [0.15, 0.2) is 66.9 Å². The molecular weight excluding hydrogens is 345 g/mol. The highest BCUT2D eigenvalue weighted by Crippen LogP contribution is 2.14. The van der Waals surface area contributed by atoms with Gasteiger partial charge in [-0.05, 0) is 36.8 Å². The second kappa shape index (κ2) is 8.23. The highest BCUT2D eigenvalue weighted by atomic mass is 19.1. The SMILES string of the molecule is Cc1cccc(CNC(=O)c2ccnc(C(=O)Nc3ccccc3F)c2)c1. The van der Waals surface area contributed by atoms with Gasteiger partial charge in [0.05, 0.1) is 5.69 Å². The third-order valence-electron chi connectivity index (χ3n) is 3.91. The van der Waals surface area contributed by atoms with E-state index in [1.807, 2.05) is 31.2 Å². The Balaban J connectivity index is 1.68. The number of amides is 2. The van der Waals surface area contributed by atoms with Crippen molar-refractivity contribution >= 4 is 17.5 Å². The summed E-state index contributed by atoms with van der Waals surface area (Å²) in [6, 6.07) is 16.6. The molecule has 2 N–H and O–H groups in total. The van der Waals surface area contributed by atoms with Crippen LogP contribution in [0.2, 0.25) is 0 Å². The summed E-state index contributed by atoms with van der Waals surface area (Å²) in [5.41, 5.74) is 2.48. The molecule has 0 saturated heterocycles. The minimum absolute atomic E-state index is 0.0291. The normalized spacial score (nSPS) is 10.3. The standard InChI is InChI=1S/C21H18FN3O2/c1-14-5-4-6-15(11-14)13-24-20(26)16-9-10-23-19(12-16)21(27)25-18-8-3-2-7-17(18)22/h2-12H,13H2,1H3,(H,24,26)(H,25,27). The number of carbonyl (C=O) groups excluding carboxylic acids is 2. The number of benzene rings is 2. The van der Waals surface area contributed by atoms with Gasteiger partial charge in [-0.3, -0.25) is 14.6 Å². The van der Waals surface area contributed by atoms with Gasteiger partial charge in [-0.1, -0.05) is 42.0 Å². The zero-order valence-corrected chi connectivity index (χ0v) is 14.7. The van der Waals surface area contributed by atoms with Gasteiger partial charge in [-0.15, -0.1) is 0 Å². The summed E-state index contributed by atoms with van der Waals surface area (Å²) in [5.74, 6) is -1.45. The summed E-state index contributed by atoms with van der Waals surface area (Å²) in [4.78, 5) is 28.6. The van der Waals surface area contributed by atoms with E-state index >= 15 is 0 Å². The average Bonchev–Trinajstić information content (AvgIpc) is 2.68. The number of nitrogens with one attached hydrogen (secondary N) is 2. The van der Waals surface area contributed by atoms with E-state index in [4.69, 9.17) is 0 Å². The number of nitrogens with zero attached hydrogens (tertiary/aromatic N) is 1. The first-order valence-corrected chi connectivity index (χ1v) is 8.38. The van der Waals surface area contributed by atoms with Crippen molar-refractivity contribution < 1.29 is 14.0 Å². The molecule has 2 amide bonds. The molecular formula is C21H18FN3O2. The summed E-state index contributed by atoms with van der Waals surface area (Å²) >= 11 is 0. The lowest BCUT2D eigenvalue weighted by Crippen LogP contribution is -2.24. The molecule has 2 aromatic carbocycles. The number of rotatable bonds is 5. The maximum absolute atomic E-state index is 13.7. The number of aromatic nitrogens is 1. The summed E-state index contributed by atoms with van der Waals surface area (Å²) in [6.45, 7) is 2.36. The van der Waals surface area contributed by atoms with Crippen LogP contribution in [0.1, 0.15) is 32.0 Å². The van der Waals surface area contributed by atoms with Crippen LogP contribution in [-0.4, -0.2) is 16.8 Å². The molecule has 0 aliphatic rings. The van der Waals surface area contributed by atoms with Gasteiger partial charge in [0.15, 0.2) is 0 Å². The number of hydrogen-bond donors (Lipinski definition) is 2. The van der Waals surface area contributed by atoms with E-state index < -0.39 is 11.7 Å². The number of halogens is 1. The minimum Gasteiger partial charge on any atom is -0.348 e. The van der Waals surface area contributed by atoms with Crippen LogP contribution in [0.3, 0.4) is 0 Å². The number of carbonyl (C=O) groups is 2. The predicted molar refractivity (Wildman–Crippen MR) is 101 cm³/mol. The van der Waals surface area contributed by atoms with Crippen molar-refractivity contribution in [2.45, 2.75) is 13.5 Å². The van der Waals surface area contributed by atoms with Gasteiger partial charge in [0.2, 0.25) is 0 Å². The van der Waals surface area contributed by atoms with Gasteiger partial charge in [0.1, 0.15) is 11.5 Å². The molecule has 3 aromatic rings. The van der Waals surface area contributed by atoms with E-state index in [-0.39, 0.29) is 17.3 Å². The van der Waals surface area contributed by atoms with Gasteiger partial charge in [-0.25, -0.2) is 4.39 Å². The third-order valence-corrected chi connectivity index (χ3v) is 3.91. The lowest BCUT2D eigenvalue weighted by Gasteiger charge is -2.08. The predicted octanol–water partition coefficient (Wildman–Crippen LogP) is 3.71. The van der Waals surface area contributed by atoms with Crippen LogP contribution in [0.4, 0.5) is 10.1 Å². The highest BCUT2D eigenvalue weighted by molar-refractivity contribution is 6.04. The fourth-order valence-electron chi connectivity index (χ4n) is 2.55. The zero-order valence-electron chi connectivity index (χ0n) is 14.7. The van der Waals surface area contributed by atoms with Gasteiger partial charge < -0.3 is 10.6 Å². The van der Waals surface area contributed by atoms with Gasteiger partial charge in [-0.2, -0.15) is 0 Å². The molecule has 0 spiro atoms. The maximum atomic E-state index is 13.7. The van der Waals surface area contributed by atoms with Crippen LogP contribution in [0.5, 0.6) is 0 Å². The van der Waals surface area contributed by atoms with Crippen molar-refractivity contribution in [3.05, 3.63) is 95.1 Å². The van der Waals surface area contributed by atoms with Crippen molar-refractivity contribution in [2.75, 3.05) is 5.32 Å². The molecule has 0 aliphatic heterocycles. The van der Waals surface area contributed by atoms with Crippen molar-refractivity contribution in [2.24, 2.45) is 0 Å². The first-order valence-electron chi connectivity index (χ1n) is 8.38. The first kappa shape index (κ1) is 18.3. The second-order valence-corrected chi connectivity index (χ2v) is 6.04. The summed E-state index contributed by atoms with van der Waals surface area (Å²) < 4.78 is 13.7. The molecule has 0 radical (unpaired) electrons. The summed E-state index contributed by atoms with van der Waals surface area (Å²) in [7, 11) is 0. The number of hydrogen-bond acceptors (Lipinski definition) is 3. The second-order valence-electron chi connectivity index (χ2n) is 6.04. The molecule has 0 unspecified atom stereocenters. The Labute approximate surface area is 156 Å². The molecule has 1 aromatic heterocycles. The van der Waals surface area contributed by atoms with Crippen LogP contribution in [0.25, 0.3) is 0 Å². The van der Waals surface area contributed by atoms with E-state index in [1.54, 1.807) is 6.07 Å². The van der Waals surface area contributed by atoms with E-state index in [2.05, 4.69) is 15.6 Å². The van der Waals surface area contributed by atoms with Crippen LogP contribution in [0, 0.1) is 12.7 Å². The molecule has 0 aliphatic carbocycles. The zero-order chi connectivity index (χ0) is 19.2. The molecule has 5 nitrogen and oxygen atoms in total. The van der Waals surface area contributed by atoms with Crippen molar-refractivity contribution in [1.82, 2.24) is 10.3 Å². The number of anilines is 1. The minimum atomic E-state index is -0.589. The Hall–Kier alpha value is -3.54. The molecule has 136 valence electrons. The smallest absolute Gasteiger partial charge is 0.274 e. The molecule has 0 atom stereocenters. The molecule has 3 rings (SSSR count). The van der Waals surface area contributed by atoms with Crippen molar-refractivity contribution in [1.29, 1.82) is 0 Å². The Morgan fingerprint density at radius 1 is 1.00 bits per heavy atom. The van der Waals surface area contributed by atoms with Crippen molar-refractivity contribution in [3.8, 4) is 0 Å². The molecule has 0 saturated carbocycles. The highest BCUT2D eigenvalue weighted by Gasteiger charge is 2.13. The number of pyridine rings is 1. The van der Waals surface area contributed by atoms with E-state index in [9.17, 15) is 14.0 Å². The fraction of sp³-hybridized carbons (Fsp3) is 0.0952. The van der Waals surface area contributed by atoms with Crippen LogP contribution >= 0.6 is 0 Å². The van der Waals surface area contributed by atoms with Crippen LogP contribution in [-0.2, 0) is 6.54 Å². The lowest BCUT2D eigenvalue weighted by atomic mass is 10.1. The maximum Gasteiger partial charge on any atom is 0.274 e. The number of para-hydroxylation sites is 1. The Morgan fingerprint density at radius 2 is 1.81 bits per heavy atom. The molecule has 0 fully saturated rings. The van der Waals surface area contributed by atoms with E-state index in [1.165, 1.54) is 36.5 Å².